The van der Waals surface area contributed by atoms with Gasteiger partial charge in [0.15, 0.2) is 12.5 Å². The SMILES string of the molecule is COCOc1ccc(/C=C/c2ccc([N+](=O)[O-])cc2)cc1[N+](=O)[O-]. The molecule has 2 aromatic rings. The molecule has 8 heteroatoms. The third-order valence-corrected chi connectivity index (χ3v) is 3.08. The molecule has 0 aliphatic carbocycles. The van der Waals surface area contributed by atoms with Gasteiger partial charge in [0.2, 0.25) is 0 Å². The van der Waals surface area contributed by atoms with Crippen LogP contribution in [0.4, 0.5) is 11.4 Å². The van der Waals surface area contributed by atoms with E-state index < -0.39 is 9.85 Å². The van der Waals surface area contributed by atoms with E-state index in [1.165, 1.54) is 31.4 Å². The highest BCUT2D eigenvalue weighted by atomic mass is 16.7. The van der Waals surface area contributed by atoms with Crippen LogP contribution in [0.25, 0.3) is 12.2 Å². The summed E-state index contributed by atoms with van der Waals surface area (Å²) in [5.41, 5.74) is 1.17. The number of non-ortho nitro benzene ring substituents is 1. The zero-order valence-electron chi connectivity index (χ0n) is 12.7. The minimum atomic E-state index is -0.534. The average molecular weight is 330 g/mol. The van der Waals surface area contributed by atoms with Crippen molar-refractivity contribution in [2.24, 2.45) is 0 Å². The Morgan fingerprint density at radius 1 is 0.958 bits per heavy atom. The molecule has 0 N–H and O–H groups in total. The fourth-order valence-corrected chi connectivity index (χ4v) is 1.92. The Balaban J connectivity index is 2.21. The molecule has 0 amide bonds. The van der Waals surface area contributed by atoms with Gasteiger partial charge >= 0.3 is 5.69 Å². The smallest absolute Gasteiger partial charge is 0.311 e. The summed E-state index contributed by atoms with van der Waals surface area (Å²) in [6, 6.07) is 10.5. The third-order valence-electron chi connectivity index (χ3n) is 3.08. The number of hydrogen-bond donors (Lipinski definition) is 0. The van der Waals surface area contributed by atoms with Gasteiger partial charge in [0.05, 0.1) is 9.85 Å². The van der Waals surface area contributed by atoms with Crippen molar-refractivity contribution in [2.45, 2.75) is 0 Å². The summed E-state index contributed by atoms with van der Waals surface area (Å²) in [5, 5.41) is 21.7. The van der Waals surface area contributed by atoms with Crippen LogP contribution in [0, 0.1) is 20.2 Å². The van der Waals surface area contributed by atoms with E-state index in [0.717, 1.165) is 5.56 Å². The molecule has 0 saturated heterocycles. The van der Waals surface area contributed by atoms with Crippen molar-refractivity contribution in [2.75, 3.05) is 13.9 Å². The maximum absolute atomic E-state index is 11.1. The summed E-state index contributed by atoms with van der Waals surface area (Å²) >= 11 is 0. The van der Waals surface area contributed by atoms with Crippen LogP contribution in [0.1, 0.15) is 11.1 Å². The fourth-order valence-electron chi connectivity index (χ4n) is 1.92. The van der Waals surface area contributed by atoms with Crippen molar-refractivity contribution in [1.29, 1.82) is 0 Å². The lowest BCUT2D eigenvalue weighted by Crippen LogP contribution is -2.02. The van der Waals surface area contributed by atoms with Crippen LogP contribution in [0.5, 0.6) is 5.75 Å². The topological polar surface area (TPSA) is 105 Å². The van der Waals surface area contributed by atoms with Gasteiger partial charge in [0.25, 0.3) is 5.69 Å². The molecular weight excluding hydrogens is 316 g/mol. The summed E-state index contributed by atoms with van der Waals surface area (Å²) in [6.45, 7) is -0.0845. The maximum atomic E-state index is 11.1. The van der Waals surface area contributed by atoms with E-state index in [-0.39, 0.29) is 23.9 Å². The Morgan fingerprint density at radius 3 is 2.17 bits per heavy atom. The second kappa shape index (κ2) is 7.84. The summed E-state index contributed by atoms with van der Waals surface area (Å²) < 4.78 is 9.88. The van der Waals surface area contributed by atoms with Crippen LogP contribution >= 0.6 is 0 Å². The predicted octanol–water partition coefficient (Wildman–Crippen LogP) is 3.66. The highest BCUT2D eigenvalue weighted by molar-refractivity contribution is 5.72. The molecule has 0 aliphatic rings. The number of nitro benzene ring substituents is 2. The Bertz CT molecular complexity index is 771. The van der Waals surface area contributed by atoms with E-state index in [1.807, 2.05) is 0 Å². The normalized spacial score (nSPS) is 10.7. The van der Waals surface area contributed by atoms with Crippen LogP contribution in [0.3, 0.4) is 0 Å². The summed E-state index contributed by atoms with van der Waals surface area (Å²) in [4.78, 5) is 20.7. The molecule has 0 unspecified atom stereocenters. The summed E-state index contributed by atoms with van der Waals surface area (Å²) in [6.07, 6.45) is 3.38. The molecule has 0 radical (unpaired) electrons. The molecule has 0 atom stereocenters. The van der Waals surface area contributed by atoms with Crippen molar-refractivity contribution in [3.8, 4) is 5.75 Å². The van der Waals surface area contributed by atoms with Gasteiger partial charge in [0.1, 0.15) is 0 Å². The molecule has 0 bridgehead atoms. The standard InChI is InChI=1S/C16H14N2O6/c1-23-11-24-16-9-6-13(10-15(16)18(21)22)3-2-12-4-7-14(8-5-12)17(19)20/h2-10H,11H2,1H3/b3-2+. The Hall–Kier alpha value is -3.26. The van der Waals surface area contributed by atoms with Crippen molar-refractivity contribution >= 4 is 23.5 Å². The number of nitrogens with zero attached hydrogens (tertiary/aromatic N) is 2. The third kappa shape index (κ3) is 4.37. The monoisotopic (exact) mass is 330 g/mol. The molecule has 2 rings (SSSR count). The summed E-state index contributed by atoms with van der Waals surface area (Å²) in [7, 11) is 1.42. The van der Waals surface area contributed by atoms with Crippen molar-refractivity contribution in [1.82, 2.24) is 0 Å². The first-order chi connectivity index (χ1) is 11.5. The van der Waals surface area contributed by atoms with Gasteiger partial charge in [-0.25, -0.2) is 0 Å². The minimum Gasteiger partial charge on any atom is -0.460 e. The second-order valence-electron chi connectivity index (χ2n) is 4.72. The van der Waals surface area contributed by atoms with Crippen molar-refractivity contribution in [3.05, 3.63) is 73.8 Å². The van der Waals surface area contributed by atoms with E-state index in [4.69, 9.17) is 9.47 Å². The lowest BCUT2D eigenvalue weighted by atomic mass is 10.1. The first-order valence-corrected chi connectivity index (χ1v) is 6.84. The minimum absolute atomic E-state index is 0.00225. The van der Waals surface area contributed by atoms with E-state index >= 15 is 0 Å². The molecule has 0 heterocycles. The lowest BCUT2D eigenvalue weighted by Gasteiger charge is -2.05. The molecule has 0 aliphatic heterocycles. The van der Waals surface area contributed by atoms with Crippen LogP contribution < -0.4 is 4.74 Å². The van der Waals surface area contributed by atoms with E-state index in [0.29, 0.717) is 5.56 Å². The number of hydrogen-bond acceptors (Lipinski definition) is 6. The van der Waals surface area contributed by atoms with Gasteiger partial charge in [-0.3, -0.25) is 20.2 Å². The van der Waals surface area contributed by atoms with Crippen molar-refractivity contribution < 1.29 is 19.3 Å². The van der Waals surface area contributed by atoms with E-state index in [1.54, 1.807) is 30.4 Å². The molecule has 124 valence electrons. The van der Waals surface area contributed by atoms with Crippen LogP contribution in [-0.2, 0) is 4.74 Å². The van der Waals surface area contributed by atoms with Gasteiger partial charge in [-0.2, -0.15) is 0 Å². The fraction of sp³-hybridized carbons (Fsp3) is 0.125. The predicted molar refractivity (Wildman–Crippen MR) is 87.6 cm³/mol. The summed E-state index contributed by atoms with van der Waals surface area (Å²) in [5.74, 6) is 0.120. The molecule has 2 aromatic carbocycles. The Kier molecular flexibility index (Phi) is 5.58. The van der Waals surface area contributed by atoms with Crippen LogP contribution in [-0.4, -0.2) is 23.7 Å². The maximum Gasteiger partial charge on any atom is 0.311 e. The average Bonchev–Trinajstić information content (AvgIpc) is 2.58. The lowest BCUT2D eigenvalue weighted by molar-refractivity contribution is -0.386. The van der Waals surface area contributed by atoms with Gasteiger partial charge < -0.3 is 9.47 Å². The van der Waals surface area contributed by atoms with Crippen LogP contribution in [0.2, 0.25) is 0 Å². The quantitative estimate of drug-likeness (QED) is 0.332. The Labute approximate surface area is 137 Å². The van der Waals surface area contributed by atoms with Crippen molar-refractivity contribution in [3.63, 3.8) is 0 Å². The molecule has 0 aromatic heterocycles. The molecular formula is C16H14N2O6. The van der Waals surface area contributed by atoms with Gasteiger partial charge in [0, 0.05) is 25.3 Å². The van der Waals surface area contributed by atoms with Crippen LogP contribution in [0.15, 0.2) is 42.5 Å². The Morgan fingerprint density at radius 2 is 1.58 bits per heavy atom. The first kappa shape index (κ1) is 17.1. The molecule has 0 fully saturated rings. The highest BCUT2D eigenvalue weighted by Gasteiger charge is 2.15. The largest absolute Gasteiger partial charge is 0.460 e. The number of ether oxygens (including phenoxy) is 2. The molecule has 0 saturated carbocycles. The van der Waals surface area contributed by atoms with Gasteiger partial charge in [-0.05, 0) is 29.3 Å². The zero-order chi connectivity index (χ0) is 17.5. The number of rotatable bonds is 7. The molecule has 8 nitrogen and oxygen atoms in total. The van der Waals surface area contributed by atoms with E-state index in [2.05, 4.69) is 0 Å². The first-order valence-electron chi connectivity index (χ1n) is 6.84. The van der Waals surface area contributed by atoms with Gasteiger partial charge in [-0.15, -0.1) is 0 Å². The van der Waals surface area contributed by atoms with Gasteiger partial charge in [-0.1, -0.05) is 18.2 Å². The number of benzene rings is 2. The molecule has 24 heavy (non-hydrogen) atoms. The number of methoxy groups -OCH3 is 1. The zero-order valence-corrected chi connectivity index (χ0v) is 12.7. The second-order valence-corrected chi connectivity index (χ2v) is 4.72. The number of nitro groups is 2. The molecule has 0 spiro atoms. The van der Waals surface area contributed by atoms with E-state index in [9.17, 15) is 20.2 Å². The highest BCUT2D eigenvalue weighted by Crippen LogP contribution is 2.28.